The molecule has 3 aromatic carbocycles. The number of primary amides is 4. The summed E-state index contributed by atoms with van der Waals surface area (Å²) in [6.07, 6.45) is 0. The summed E-state index contributed by atoms with van der Waals surface area (Å²) in [6.45, 7) is 0. The third kappa shape index (κ3) is 5.26. The number of nitrogens with two attached hydrogens (primary N) is 4. The second kappa shape index (κ2) is 11.8. The second-order valence-electron chi connectivity index (χ2n) is 8.64. The van der Waals surface area contributed by atoms with Gasteiger partial charge in [-0.3, -0.25) is 28.8 Å². The van der Waals surface area contributed by atoms with Gasteiger partial charge in [0.1, 0.15) is 0 Å². The first-order valence-corrected chi connectivity index (χ1v) is 11.6. The SMILES string of the molecule is CN(N=O)C(=O)c1ccc(-c2cccc(C(N)=O)c2C(N)=O)c(-c2cccc(C(N)=O)c2C(N)=O)c1C(=O)N(C)N=O. The van der Waals surface area contributed by atoms with Crippen LogP contribution in [0.5, 0.6) is 0 Å². The van der Waals surface area contributed by atoms with Crippen molar-refractivity contribution in [3.8, 4) is 22.3 Å². The van der Waals surface area contributed by atoms with Crippen LogP contribution in [0.1, 0.15) is 62.1 Å². The molecular formula is C26H22N8O8. The molecule has 0 unspecified atom stereocenters. The normalized spacial score (nSPS) is 10.3. The van der Waals surface area contributed by atoms with E-state index < -0.39 is 57.7 Å². The first-order chi connectivity index (χ1) is 19.8. The highest BCUT2D eigenvalue weighted by molar-refractivity contribution is 6.19. The molecule has 0 aliphatic heterocycles. The van der Waals surface area contributed by atoms with Gasteiger partial charge in [0.15, 0.2) is 0 Å². The summed E-state index contributed by atoms with van der Waals surface area (Å²) >= 11 is 0. The van der Waals surface area contributed by atoms with Gasteiger partial charge in [-0.15, -0.1) is 9.81 Å². The molecule has 0 aliphatic rings. The number of carbonyl (C=O) groups excluding carboxylic acids is 6. The summed E-state index contributed by atoms with van der Waals surface area (Å²) < 4.78 is 0. The molecule has 8 N–H and O–H groups in total. The van der Waals surface area contributed by atoms with Gasteiger partial charge < -0.3 is 22.9 Å². The van der Waals surface area contributed by atoms with Crippen LogP contribution in [0.15, 0.2) is 59.1 Å². The number of rotatable bonds is 10. The Morgan fingerprint density at radius 3 is 1.43 bits per heavy atom. The molecule has 0 atom stereocenters. The predicted octanol–water partition coefficient (Wildman–Crippen LogP) is 0.923. The molecule has 0 saturated carbocycles. The zero-order valence-electron chi connectivity index (χ0n) is 22.0. The molecule has 16 nitrogen and oxygen atoms in total. The number of carbonyl (C=O) groups is 6. The molecule has 3 aromatic rings. The Labute approximate surface area is 236 Å². The van der Waals surface area contributed by atoms with Crippen LogP contribution in [-0.2, 0) is 0 Å². The van der Waals surface area contributed by atoms with E-state index in [1.807, 2.05) is 0 Å². The molecule has 42 heavy (non-hydrogen) atoms. The molecule has 3 rings (SSSR count). The van der Waals surface area contributed by atoms with E-state index in [2.05, 4.69) is 10.6 Å². The highest BCUT2D eigenvalue weighted by atomic mass is 16.3. The Morgan fingerprint density at radius 2 is 0.976 bits per heavy atom. The van der Waals surface area contributed by atoms with Crippen LogP contribution in [0.3, 0.4) is 0 Å². The Morgan fingerprint density at radius 1 is 0.524 bits per heavy atom. The zero-order valence-corrected chi connectivity index (χ0v) is 22.0. The first kappa shape index (κ1) is 30.2. The Bertz CT molecular complexity index is 1720. The topological polar surface area (TPSA) is 272 Å². The number of nitrogens with zero attached hydrogens (tertiary/aromatic N) is 4. The van der Waals surface area contributed by atoms with Crippen molar-refractivity contribution in [1.29, 1.82) is 0 Å². The van der Waals surface area contributed by atoms with E-state index in [9.17, 15) is 38.6 Å². The van der Waals surface area contributed by atoms with E-state index in [0.29, 0.717) is 10.0 Å². The van der Waals surface area contributed by atoms with Crippen LogP contribution < -0.4 is 22.9 Å². The van der Waals surface area contributed by atoms with Crippen LogP contribution >= 0.6 is 0 Å². The lowest BCUT2D eigenvalue weighted by molar-refractivity contribution is 0.0759. The molecule has 0 radical (unpaired) electrons. The van der Waals surface area contributed by atoms with Gasteiger partial charge >= 0.3 is 0 Å². The van der Waals surface area contributed by atoms with Crippen molar-refractivity contribution >= 4 is 35.4 Å². The summed E-state index contributed by atoms with van der Waals surface area (Å²) in [4.78, 5) is 99.3. The van der Waals surface area contributed by atoms with Gasteiger partial charge in [0, 0.05) is 19.7 Å². The molecule has 214 valence electrons. The van der Waals surface area contributed by atoms with Crippen molar-refractivity contribution in [3.63, 3.8) is 0 Å². The summed E-state index contributed by atoms with van der Waals surface area (Å²) in [5, 5.41) is 5.78. The molecule has 0 saturated heterocycles. The maximum Gasteiger partial charge on any atom is 0.277 e. The fraction of sp³-hybridized carbons (Fsp3) is 0.0769. The molecule has 0 fully saturated rings. The zero-order chi connectivity index (χ0) is 31.5. The highest BCUT2D eigenvalue weighted by Gasteiger charge is 2.33. The maximum absolute atomic E-state index is 13.7. The minimum Gasteiger partial charge on any atom is -0.366 e. The number of nitroso groups, excluding NO2 is 2. The Hall–Kier alpha value is -6.32. The summed E-state index contributed by atoms with van der Waals surface area (Å²) in [5.41, 5.74) is 18.6. The summed E-state index contributed by atoms with van der Waals surface area (Å²) in [7, 11) is 1.95. The molecule has 16 heteroatoms. The number of hydrogen-bond acceptors (Lipinski definition) is 10. The molecule has 0 spiro atoms. The third-order valence-corrected chi connectivity index (χ3v) is 6.19. The minimum absolute atomic E-state index is 0.106. The van der Waals surface area contributed by atoms with Gasteiger partial charge in [-0.05, 0) is 34.9 Å². The minimum atomic E-state index is -1.23. The van der Waals surface area contributed by atoms with Gasteiger partial charge in [0.25, 0.3) is 11.8 Å². The third-order valence-electron chi connectivity index (χ3n) is 6.19. The van der Waals surface area contributed by atoms with E-state index in [4.69, 9.17) is 22.9 Å². The first-order valence-electron chi connectivity index (χ1n) is 11.6. The van der Waals surface area contributed by atoms with Crippen LogP contribution in [0.4, 0.5) is 0 Å². The quantitative estimate of drug-likeness (QED) is 0.199. The smallest absolute Gasteiger partial charge is 0.277 e. The van der Waals surface area contributed by atoms with Crippen LogP contribution in [0, 0.1) is 9.81 Å². The average molecular weight is 575 g/mol. The van der Waals surface area contributed by atoms with Crippen molar-refractivity contribution < 1.29 is 28.8 Å². The fourth-order valence-corrected chi connectivity index (χ4v) is 4.40. The monoisotopic (exact) mass is 574 g/mol. The Kier molecular flexibility index (Phi) is 8.51. The van der Waals surface area contributed by atoms with Crippen LogP contribution in [0.25, 0.3) is 22.3 Å². The standard InChI is InChI=1S/C26H22N8O8/c1-33(31-41)25(39)16-10-9-12(11-5-3-7-14(21(27)35)18(11)23(29)37)17(20(16)26(40)34(2)32-42)13-6-4-8-15(22(28)36)19(13)24(30)38/h3-10H,1-2H3,(H2,27,35)(H2,28,36)(H2,29,37)(H2,30,38). The van der Waals surface area contributed by atoms with Crippen molar-refractivity contribution in [1.82, 2.24) is 10.0 Å². The predicted molar refractivity (Wildman–Crippen MR) is 147 cm³/mol. The van der Waals surface area contributed by atoms with Crippen molar-refractivity contribution in [3.05, 3.63) is 91.7 Å². The van der Waals surface area contributed by atoms with Crippen LogP contribution in [0.2, 0.25) is 0 Å². The lowest BCUT2D eigenvalue weighted by Crippen LogP contribution is -2.29. The van der Waals surface area contributed by atoms with E-state index in [1.165, 1.54) is 42.5 Å². The van der Waals surface area contributed by atoms with E-state index in [0.717, 1.165) is 20.2 Å². The molecule has 0 heterocycles. The number of hydrogen-bond donors (Lipinski definition) is 4. The van der Waals surface area contributed by atoms with E-state index in [-0.39, 0.29) is 33.4 Å². The maximum atomic E-state index is 13.7. The molecule has 6 amide bonds. The Balaban J connectivity index is 2.76. The molecule has 0 aromatic heterocycles. The van der Waals surface area contributed by atoms with Gasteiger partial charge in [0.05, 0.1) is 44.0 Å². The average Bonchev–Trinajstić information content (AvgIpc) is 2.97. The van der Waals surface area contributed by atoms with Crippen molar-refractivity contribution in [2.24, 2.45) is 33.5 Å². The number of amides is 6. The highest BCUT2D eigenvalue weighted by Crippen LogP contribution is 2.41. The van der Waals surface area contributed by atoms with Crippen molar-refractivity contribution in [2.75, 3.05) is 14.1 Å². The lowest BCUT2D eigenvalue weighted by atomic mass is 9.82. The fourth-order valence-electron chi connectivity index (χ4n) is 4.40. The van der Waals surface area contributed by atoms with E-state index in [1.54, 1.807) is 0 Å². The lowest BCUT2D eigenvalue weighted by Gasteiger charge is -2.23. The largest absolute Gasteiger partial charge is 0.366 e. The van der Waals surface area contributed by atoms with Gasteiger partial charge in [-0.1, -0.05) is 30.3 Å². The summed E-state index contributed by atoms with van der Waals surface area (Å²) in [6, 6.07) is 9.85. The molecule has 0 aliphatic carbocycles. The summed E-state index contributed by atoms with van der Waals surface area (Å²) in [5.74, 6) is -6.78. The van der Waals surface area contributed by atoms with Gasteiger partial charge in [-0.2, -0.15) is 10.0 Å². The molecule has 0 bridgehead atoms. The van der Waals surface area contributed by atoms with Gasteiger partial charge in [-0.25, -0.2) is 0 Å². The van der Waals surface area contributed by atoms with E-state index >= 15 is 0 Å². The number of benzene rings is 3. The van der Waals surface area contributed by atoms with Gasteiger partial charge in [0.2, 0.25) is 23.6 Å². The molecular weight excluding hydrogens is 552 g/mol. The second-order valence-corrected chi connectivity index (χ2v) is 8.64. The van der Waals surface area contributed by atoms with Crippen LogP contribution in [-0.4, -0.2) is 59.6 Å². The van der Waals surface area contributed by atoms with Crippen molar-refractivity contribution in [2.45, 2.75) is 0 Å².